The molecule has 1 amide bonds. The van der Waals surface area contributed by atoms with Gasteiger partial charge in [0.25, 0.3) is 5.91 Å². The first kappa shape index (κ1) is 15.7. The highest BCUT2D eigenvalue weighted by Gasteiger charge is 2.40. The van der Waals surface area contributed by atoms with Gasteiger partial charge in [0, 0.05) is 32.2 Å². The summed E-state index contributed by atoms with van der Waals surface area (Å²) in [6, 6.07) is 7.91. The van der Waals surface area contributed by atoms with E-state index < -0.39 is 6.10 Å². The quantitative estimate of drug-likeness (QED) is 0.809. The van der Waals surface area contributed by atoms with Gasteiger partial charge in [-0.05, 0) is 18.1 Å². The molecule has 0 N–H and O–H groups in total. The fraction of sp³-hybridized carbons (Fsp3) is 0.611. The largest absolute Gasteiger partial charge is 0.485 e. The van der Waals surface area contributed by atoms with Gasteiger partial charge in [-0.25, -0.2) is 0 Å². The molecule has 3 aliphatic heterocycles. The second-order valence-corrected chi connectivity index (χ2v) is 6.80. The molecule has 0 aliphatic carbocycles. The Morgan fingerprint density at radius 1 is 1.12 bits per heavy atom. The highest BCUT2D eigenvalue weighted by Crippen LogP contribution is 2.32. The Labute approximate surface area is 142 Å². The van der Waals surface area contributed by atoms with Crippen LogP contribution >= 0.6 is 0 Å². The summed E-state index contributed by atoms with van der Waals surface area (Å²) in [4.78, 5) is 17.3. The number of carbonyl (C=O) groups is 1. The number of fused-ring (bicyclic) bond motifs is 1. The number of para-hydroxylation sites is 2. The number of nitrogens with zero attached hydrogens (tertiary/aromatic N) is 2. The SMILES string of the molecule is C[C@@H]1CN(C(=O)[C@H]2COc3ccccc3O2)C[C@@H]1N1CCOCC1. The zero-order valence-electron chi connectivity index (χ0n) is 14.0. The Bertz CT molecular complexity index is 602. The third-order valence-corrected chi connectivity index (χ3v) is 5.18. The smallest absolute Gasteiger partial charge is 0.267 e. The molecule has 3 atom stereocenters. The van der Waals surface area contributed by atoms with E-state index in [1.807, 2.05) is 29.2 Å². The second-order valence-electron chi connectivity index (χ2n) is 6.80. The van der Waals surface area contributed by atoms with Crippen molar-refractivity contribution in [1.29, 1.82) is 0 Å². The van der Waals surface area contributed by atoms with Crippen molar-refractivity contribution in [2.75, 3.05) is 46.0 Å². The first-order valence-electron chi connectivity index (χ1n) is 8.71. The van der Waals surface area contributed by atoms with Gasteiger partial charge in [0.15, 0.2) is 11.5 Å². The van der Waals surface area contributed by atoms with Gasteiger partial charge < -0.3 is 19.1 Å². The number of ether oxygens (including phenoxy) is 3. The van der Waals surface area contributed by atoms with E-state index in [9.17, 15) is 4.79 Å². The van der Waals surface area contributed by atoms with Crippen LogP contribution in [0.1, 0.15) is 6.92 Å². The minimum absolute atomic E-state index is 0.0344. The number of carbonyl (C=O) groups excluding carboxylic acids is 1. The van der Waals surface area contributed by atoms with Crippen molar-refractivity contribution in [3.05, 3.63) is 24.3 Å². The van der Waals surface area contributed by atoms with Crippen molar-refractivity contribution in [3.63, 3.8) is 0 Å². The number of likely N-dealkylation sites (tertiary alicyclic amines) is 1. The van der Waals surface area contributed by atoms with Crippen LogP contribution in [0.3, 0.4) is 0 Å². The number of morpholine rings is 1. The monoisotopic (exact) mass is 332 g/mol. The molecule has 0 unspecified atom stereocenters. The number of rotatable bonds is 2. The van der Waals surface area contributed by atoms with Crippen LogP contribution in [0.4, 0.5) is 0 Å². The van der Waals surface area contributed by atoms with Crippen molar-refractivity contribution in [2.45, 2.75) is 19.1 Å². The van der Waals surface area contributed by atoms with Crippen LogP contribution in [0.15, 0.2) is 24.3 Å². The molecule has 0 bridgehead atoms. The summed E-state index contributed by atoms with van der Waals surface area (Å²) in [6.45, 7) is 7.52. The van der Waals surface area contributed by atoms with Crippen molar-refractivity contribution < 1.29 is 19.0 Å². The number of amides is 1. The normalized spacial score (nSPS) is 30.4. The van der Waals surface area contributed by atoms with Crippen LogP contribution in [0.2, 0.25) is 0 Å². The summed E-state index contributed by atoms with van der Waals surface area (Å²) in [7, 11) is 0. The van der Waals surface area contributed by atoms with Crippen LogP contribution in [0.25, 0.3) is 0 Å². The summed E-state index contributed by atoms with van der Waals surface area (Å²) in [5.41, 5.74) is 0. The highest BCUT2D eigenvalue weighted by atomic mass is 16.6. The maximum Gasteiger partial charge on any atom is 0.267 e. The van der Waals surface area contributed by atoms with E-state index in [2.05, 4.69) is 11.8 Å². The molecule has 1 aromatic carbocycles. The van der Waals surface area contributed by atoms with Gasteiger partial charge in [0.2, 0.25) is 6.10 Å². The third kappa shape index (κ3) is 2.96. The maximum atomic E-state index is 12.9. The van der Waals surface area contributed by atoms with Gasteiger partial charge in [0.1, 0.15) is 6.61 Å². The van der Waals surface area contributed by atoms with Crippen LogP contribution < -0.4 is 9.47 Å². The maximum absolute atomic E-state index is 12.9. The Hall–Kier alpha value is -1.79. The van der Waals surface area contributed by atoms with Crippen molar-refractivity contribution >= 4 is 5.91 Å². The van der Waals surface area contributed by atoms with Gasteiger partial charge in [-0.2, -0.15) is 0 Å². The number of benzene rings is 1. The summed E-state index contributed by atoms with van der Waals surface area (Å²) in [6.07, 6.45) is -0.546. The summed E-state index contributed by atoms with van der Waals surface area (Å²) >= 11 is 0. The van der Waals surface area contributed by atoms with E-state index in [1.54, 1.807) is 0 Å². The molecule has 130 valence electrons. The molecule has 0 spiro atoms. The average Bonchev–Trinajstić information content (AvgIpc) is 3.03. The molecule has 3 aliphatic rings. The minimum Gasteiger partial charge on any atom is -0.485 e. The lowest BCUT2D eigenvalue weighted by Crippen LogP contribution is -2.49. The fourth-order valence-electron chi connectivity index (χ4n) is 3.86. The van der Waals surface area contributed by atoms with Gasteiger partial charge in [-0.3, -0.25) is 9.69 Å². The van der Waals surface area contributed by atoms with Crippen molar-refractivity contribution in [2.24, 2.45) is 5.92 Å². The van der Waals surface area contributed by atoms with E-state index in [0.29, 0.717) is 23.5 Å². The summed E-state index contributed by atoms with van der Waals surface area (Å²) in [5, 5.41) is 0. The molecular weight excluding hydrogens is 308 g/mol. The lowest BCUT2D eigenvalue weighted by molar-refractivity contribution is -0.140. The first-order chi connectivity index (χ1) is 11.7. The standard InChI is InChI=1S/C18H24N2O4/c1-13-10-20(11-14(13)19-6-8-22-9-7-19)18(21)17-12-23-15-4-2-3-5-16(15)24-17/h2-5,13-14,17H,6-12H2,1H3/t13-,14+,17-/m1/s1. The zero-order chi connectivity index (χ0) is 16.5. The topological polar surface area (TPSA) is 51.2 Å². The Morgan fingerprint density at radius 2 is 1.88 bits per heavy atom. The lowest BCUT2D eigenvalue weighted by atomic mass is 10.0. The van der Waals surface area contributed by atoms with Crippen molar-refractivity contribution in [3.8, 4) is 11.5 Å². The summed E-state index contributed by atoms with van der Waals surface area (Å²) in [5.74, 6) is 1.86. The fourth-order valence-corrected chi connectivity index (χ4v) is 3.86. The molecule has 0 aromatic heterocycles. The first-order valence-corrected chi connectivity index (χ1v) is 8.71. The Kier molecular flexibility index (Phi) is 4.33. The predicted octanol–water partition coefficient (Wildman–Crippen LogP) is 1.01. The predicted molar refractivity (Wildman–Crippen MR) is 88.3 cm³/mol. The van der Waals surface area contributed by atoms with E-state index in [4.69, 9.17) is 14.2 Å². The number of hydrogen-bond acceptors (Lipinski definition) is 5. The molecule has 2 fully saturated rings. The molecular formula is C18H24N2O4. The molecule has 0 radical (unpaired) electrons. The van der Waals surface area contributed by atoms with E-state index in [-0.39, 0.29) is 12.5 Å². The minimum atomic E-state index is -0.546. The van der Waals surface area contributed by atoms with Gasteiger partial charge in [-0.1, -0.05) is 19.1 Å². The van der Waals surface area contributed by atoms with Gasteiger partial charge >= 0.3 is 0 Å². The Morgan fingerprint density at radius 3 is 2.67 bits per heavy atom. The average molecular weight is 332 g/mol. The van der Waals surface area contributed by atoms with Crippen LogP contribution in [0, 0.1) is 5.92 Å². The van der Waals surface area contributed by atoms with E-state index in [0.717, 1.165) is 39.4 Å². The highest BCUT2D eigenvalue weighted by molar-refractivity contribution is 5.82. The van der Waals surface area contributed by atoms with E-state index in [1.165, 1.54) is 0 Å². The molecule has 3 heterocycles. The molecule has 24 heavy (non-hydrogen) atoms. The summed E-state index contributed by atoms with van der Waals surface area (Å²) < 4.78 is 17.0. The molecule has 0 saturated carbocycles. The molecule has 1 aromatic rings. The van der Waals surface area contributed by atoms with Gasteiger partial charge in [0.05, 0.1) is 13.2 Å². The van der Waals surface area contributed by atoms with Crippen LogP contribution in [0.5, 0.6) is 11.5 Å². The van der Waals surface area contributed by atoms with Crippen LogP contribution in [-0.2, 0) is 9.53 Å². The third-order valence-electron chi connectivity index (χ3n) is 5.18. The molecule has 6 heteroatoms. The van der Waals surface area contributed by atoms with E-state index >= 15 is 0 Å². The molecule has 6 nitrogen and oxygen atoms in total. The lowest BCUT2D eigenvalue weighted by Gasteiger charge is -2.34. The molecule has 2 saturated heterocycles. The number of hydrogen-bond donors (Lipinski definition) is 0. The van der Waals surface area contributed by atoms with Gasteiger partial charge in [-0.15, -0.1) is 0 Å². The molecule has 4 rings (SSSR count). The Balaban J connectivity index is 1.40. The zero-order valence-corrected chi connectivity index (χ0v) is 14.0. The van der Waals surface area contributed by atoms with Crippen LogP contribution in [-0.4, -0.2) is 73.9 Å². The second kappa shape index (κ2) is 6.61. The van der Waals surface area contributed by atoms with Crippen molar-refractivity contribution in [1.82, 2.24) is 9.80 Å².